The first-order chi connectivity index (χ1) is 12.7. The van der Waals surface area contributed by atoms with Crippen LogP contribution in [0.5, 0.6) is 0 Å². The molecule has 0 atom stereocenters. The number of rotatable bonds is 3. The number of nitrogens with zero attached hydrogens (tertiary/aromatic N) is 2. The molecule has 2 aliphatic heterocycles. The van der Waals surface area contributed by atoms with E-state index < -0.39 is 23.2 Å². The van der Waals surface area contributed by atoms with Gasteiger partial charge in [0, 0.05) is 18.5 Å². The summed E-state index contributed by atoms with van der Waals surface area (Å²) < 4.78 is 5.24. The second kappa shape index (κ2) is 7.13. The molecule has 0 N–H and O–H groups in total. The first-order valence-corrected chi connectivity index (χ1v) is 9.11. The van der Waals surface area contributed by atoms with Gasteiger partial charge in [-0.05, 0) is 25.0 Å². The Balaban J connectivity index is 1.52. The van der Waals surface area contributed by atoms with Crippen molar-refractivity contribution in [3.8, 4) is 0 Å². The zero-order valence-corrected chi connectivity index (χ0v) is 15.9. The van der Waals surface area contributed by atoms with E-state index in [2.05, 4.69) is 0 Å². The van der Waals surface area contributed by atoms with Crippen LogP contribution in [0.3, 0.4) is 0 Å². The highest BCUT2D eigenvalue weighted by molar-refractivity contribution is 6.21. The van der Waals surface area contributed by atoms with Gasteiger partial charge in [-0.1, -0.05) is 32.9 Å². The van der Waals surface area contributed by atoms with Crippen molar-refractivity contribution >= 4 is 23.7 Å². The molecule has 0 aliphatic carbocycles. The largest absolute Gasteiger partial charge is 0.443 e. The van der Waals surface area contributed by atoms with Crippen LogP contribution >= 0.6 is 0 Å². The Bertz CT molecular complexity index is 753. The van der Waals surface area contributed by atoms with Gasteiger partial charge >= 0.3 is 5.97 Å². The van der Waals surface area contributed by atoms with Crippen LogP contribution in [-0.2, 0) is 14.3 Å². The van der Waals surface area contributed by atoms with Crippen molar-refractivity contribution < 1.29 is 23.9 Å². The van der Waals surface area contributed by atoms with E-state index in [4.69, 9.17) is 4.74 Å². The Hall–Kier alpha value is -2.70. The average molecular weight is 372 g/mol. The number of hydrogen-bond donors (Lipinski definition) is 0. The second-order valence-corrected chi connectivity index (χ2v) is 7.99. The molecule has 1 aromatic carbocycles. The molecule has 27 heavy (non-hydrogen) atoms. The number of ether oxygens (including phenoxy) is 1. The fourth-order valence-corrected chi connectivity index (χ4v) is 3.40. The summed E-state index contributed by atoms with van der Waals surface area (Å²) in [5.74, 6) is -1.60. The highest BCUT2D eigenvalue weighted by Gasteiger charge is 2.37. The molecular formula is C20H24N2O5. The van der Waals surface area contributed by atoms with Crippen LogP contribution in [0.15, 0.2) is 24.3 Å². The third-order valence-electron chi connectivity index (χ3n) is 4.97. The maximum absolute atomic E-state index is 12.3. The Morgan fingerprint density at radius 3 is 2.04 bits per heavy atom. The lowest BCUT2D eigenvalue weighted by molar-refractivity contribution is -0.155. The van der Waals surface area contributed by atoms with Gasteiger partial charge in [-0.25, -0.2) is 4.90 Å². The minimum atomic E-state index is -0.450. The van der Waals surface area contributed by atoms with Gasteiger partial charge in [-0.2, -0.15) is 0 Å². The average Bonchev–Trinajstić information content (AvgIpc) is 2.89. The third-order valence-corrected chi connectivity index (χ3v) is 4.97. The molecule has 3 rings (SSSR count). The van der Waals surface area contributed by atoms with E-state index >= 15 is 0 Å². The van der Waals surface area contributed by atoms with Crippen molar-refractivity contribution in [2.75, 3.05) is 19.8 Å². The van der Waals surface area contributed by atoms with Crippen LogP contribution in [0.2, 0.25) is 0 Å². The number of carbonyl (C=O) groups is 4. The molecule has 0 unspecified atom stereocenters. The summed E-state index contributed by atoms with van der Waals surface area (Å²) in [6.07, 6.45) is 1.03. The molecule has 7 heteroatoms. The SMILES string of the molecule is CC(C)(C)C(=O)N1CCC(C(=O)OCN2C(=O)c3ccccc3C2=O)CC1. The Morgan fingerprint density at radius 2 is 1.56 bits per heavy atom. The second-order valence-electron chi connectivity index (χ2n) is 7.99. The predicted molar refractivity (Wildman–Crippen MR) is 96.7 cm³/mol. The normalized spacial score (nSPS) is 17.9. The predicted octanol–water partition coefficient (Wildman–Crippen LogP) is 2.07. The number of carbonyl (C=O) groups excluding carboxylic acids is 4. The summed E-state index contributed by atoms with van der Waals surface area (Å²) in [6.45, 7) is 6.24. The third kappa shape index (κ3) is 3.72. The number of piperidine rings is 1. The van der Waals surface area contributed by atoms with Crippen molar-refractivity contribution in [3.63, 3.8) is 0 Å². The Morgan fingerprint density at radius 1 is 1.04 bits per heavy atom. The molecular weight excluding hydrogens is 348 g/mol. The topological polar surface area (TPSA) is 84.0 Å². The minimum absolute atomic E-state index is 0.0698. The molecule has 0 bridgehead atoms. The lowest BCUT2D eigenvalue weighted by atomic mass is 9.91. The van der Waals surface area contributed by atoms with Crippen LogP contribution in [0.4, 0.5) is 0 Å². The fourth-order valence-electron chi connectivity index (χ4n) is 3.40. The highest BCUT2D eigenvalue weighted by atomic mass is 16.5. The summed E-state index contributed by atoms with van der Waals surface area (Å²) >= 11 is 0. The zero-order chi connectivity index (χ0) is 19.8. The molecule has 3 amide bonds. The van der Waals surface area contributed by atoms with Crippen LogP contribution in [0.25, 0.3) is 0 Å². The van der Waals surface area contributed by atoms with Crippen molar-refractivity contribution in [1.82, 2.24) is 9.80 Å². The molecule has 144 valence electrons. The maximum Gasteiger partial charge on any atom is 0.310 e. The van der Waals surface area contributed by atoms with Gasteiger partial charge in [0.25, 0.3) is 11.8 Å². The standard InChI is InChI=1S/C20H24N2O5/c1-20(2,3)19(26)21-10-8-13(9-11-21)18(25)27-12-22-16(23)14-6-4-5-7-15(14)17(22)24/h4-7,13H,8-12H2,1-3H3. The smallest absolute Gasteiger partial charge is 0.310 e. The Kier molecular flexibility index (Phi) is 5.04. The summed E-state index contributed by atoms with van der Waals surface area (Å²) in [5, 5.41) is 0. The van der Waals surface area contributed by atoms with Crippen molar-refractivity contribution in [1.29, 1.82) is 0 Å². The zero-order valence-electron chi connectivity index (χ0n) is 15.9. The van der Waals surface area contributed by atoms with Gasteiger partial charge in [0.2, 0.25) is 5.91 Å². The van der Waals surface area contributed by atoms with Gasteiger partial charge in [-0.3, -0.25) is 19.2 Å². The van der Waals surface area contributed by atoms with Gasteiger partial charge in [0.15, 0.2) is 6.73 Å². The molecule has 0 spiro atoms. The molecule has 2 heterocycles. The number of likely N-dealkylation sites (tertiary alicyclic amines) is 1. The molecule has 0 radical (unpaired) electrons. The van der Waals surface area contributed by atoms with Crippen molar-refractivity contribution in [3.05, 3.63) is 35.4 Å². The monoisotopic (exact) mass is 372 g/mol. The van der Waals surface area contributed by atoms with E-state index in [9.17, 15) is 19.2 Å². The number of amides is 3. The molecule has 7 nitrogen and oxygen atoms in total. The molecule has 0 aromatic heterocycles. The number of benzene rings is 1. The number of hydrogen-bond acceptors (Lipinski definition) is 5. The van der Waals surface area contributed by atoms with E-state index in [1.54, 1.807) is 29.2 Å². The van der Waals surface area contributed by atoms with Crippen molar-refractivity contribution in [2.24, 2.45) is 11.3 Å². The fraction of sp³-hybridized carbons (Fsp3) is 0.500. The first kappa shape index (κ1) is 19.1. The highest BCUT2D eigenvalue weighted by Crippen LogP contribution is 2.25. The summed E-state index contributed by atoms with van der Waals surface area (Å²) in [7, 11) is 0. The first-order valence-electron chi connectivity index (χ1n) is 9.11. The molecule has 2 aliphatic rings. The van der Waals surface area contributed by atoms with Crippen LogP contribution in [-0.4, -0.2) is 53.3 Å². The summed E-state index contributed by atoms with van der Waals surface area (Å²) in [4.78, 5) is 51.9. The minimum Gasteiger partial charge on any atom is -0.443 e. The lowest BCUT2D eigenvalue weighted by Crippen LogP contribution is -2.45. The quantitative estimate of drug-likeness (QED) is 0.599. The van der Waals surface area contributed by atoms with Gasteiger partial charge < -0.3 is 9.64 Å². The lowest BCUT2D eigenvalue weighted by Gasteiger charge is -2.35. The van der Waals surface area contributed by atoms with Crippen LogP contribution in [0, 0.1) is 11.3 Å². The van der Waals surface area contributed by atoms with E-state index in [0.29, 0.717) is 37.1 Å². The van der Waals surface area contributed by atoms with Crippen LogP contribution < -0.4 is 0 Å². The molecule has 0 saturated carbocycles. The van der Waals surface area contributed by atoms with E-state index in [1.165, 1.54) is 0 Å². The number of imide groups is 1. The van der Waals surface area contributed by atoms with Crippen molar-refractivity contribution in [2.45, 2.75) is 33.6 Å². The van der Waals surface area contributed by atoms with Crippen LogP contribution in [0.1, 0.15) is 54.3 Å². The summed E-state index contributed by atoms with van der Waals surface area (Å²) in [5.41, 5.74) is 0.207. The van der Waals surface area contributed by atoms with Gasteiger partial charge in [0.1, 0.15) is 0 Å². The van der Waals surface area contributed by atoms with Gasteiger partial charge in [0.05, 0.1) is 17.0 Å². The van der Waals surface area contributed by atoms with E-state index in [1.807, 2.05) is 20.8 Å². The maximum atomic E-state index is 12.3. The number of esters is 1. The van der Waals surface area contributed by atoms with E-state index in [0.717, 1.165) is 4.90 Å². The summed E-state index contributed by atoms with van der Waals surface area (Å²) in [6, 6.07) is 6.54. The number of fused-ring (bicyclic) bond motifs is 1. The molecule has 1 fully saturated rings. The molecule has 1 aromatic rings. The van der Waals surface area contributed by atoms with Gasteiger partial charge in [-0.15, -0.1) is 0 Å². The molecule has 1 saturated heterocycles. The van der Waals surface area contributed by atoms with E-state index in [-0.39, 0.29) is 18.6 Å². The Labute approximate surface area is 158 Å².